The van der Waals surface area contributed by atoms with Crippen molar-refractivity contribution in [3.8, 4) is 0 Å². The first-order valence-corrected chi connectivity index (χ1v) is 38.2. The van der Waals surface area contributed by atoms with Gasteiger partial charge in [-0.25, -0.2) is 0 Å². The van der Waals surface area contributed by atoms with Crippen molar-refractivity contribution in [3.63, 3.8) is 0 Å². The number of unbranched alkanes of at least 4 members (excludes halogenated alkanes) is 59. The van der Waals surface area contributed by atoms with Crippen LogP contribution < -0.4 is 5.32 Å². The van der Waals surface area contributed by atoms with Crippen LogP contribution in [-0.4, -0.2) is 34.9 Å². The smallest absolute Gasteiger partial charge is 0.220 e. The minimum Gasteiger partial charge on any atom is -0.394 e. The molecule has 0 spiro atoms. The zero-order valence-electron chi connectivity index (χ0n) is 56.3. The van der Waals surface area contributed by atoms with Crippen LogP contribution in [0.2, 0.25) is 0 Å². The van der Waals surface area contributed by atoms with Gasteiger partial charge in [-0.1, -0.05) is 416 Å². The molecule has 2 atom stereocenters. The fraction of sp³-hybridized carbons (Fsp3) is 0.910. The van der Waals surface area contributed by atoms with E-state index in [4.69, 9.17) is 0 Å². The summed E-state index contributed by atoms with van der Waals surface area (Å²) in [5.41, 5.74) is 0. The Balaban J connectivity index is 3.37. The Bertz CT molecular complexity index is 1260. The molecule has 0 aliphatic rings. The van der Waals surface area contributed by atoms with Crippen molar-refractivity contribution in [3.05, 3.63) is 36.5 Å². The first-order chi connectivity index (χ1) is 40.7. The summed E-state index contributed by atoms with van der Waals surface area (Å²) < 4.78 is 0. The van der Waals surface area contributed by atoms with E-state index in [1.165, 1.54) is 372 Å². The SMILES string of the molecule is CCCCCCC/C=C\C/C=C\C/C=C\CCCCCCCCCCCCCCCCCCCCCCCCCCC(=O)NC(CO)C(O)CCCCCCCCCCCCCCCCCCCCCCCCCCCCCCCCC. The molecule has 0 bridgehead atoms. The molecule has 4 nitrogen and oxygen atoms in total. The van der Waals surface area contributed by atoms with Crippen LogP contribution in [0.4, 0.5) is 0 Å². The maximum Gasteiger partial charge on any atom is 0.220 e. The van der Waals surface area contributed by atoms with E-state index in [0.717, 1.165) is 38.5 Å². The molecule has 1 amide bonds. The summed E-state index contributed by atoms with van der Waals surface area (Å²) in [5.74, 6) is -0.0211. The number of carbonyl (C=O) groups excluding carboxylic acids is 1. The number of carbonyl (C=O) groups is 1. The van der Waals surface area contributed by atoms with Crippen LogP contribution >= 0.6 is 0 Å². The Labute approximate surface area is 516 Å². The van der Waals surface area contributed by atoms with Gasteiger partial charge in [0.25, 0.3) is 0 Å². The molecule has 0 heterocycles. The van der Waals surface area contributed by atoms with Gasteiger partial charge in [-0.15, -0.1) is 0 Å². The van der Waals surface area contributed by atoms with E-state index >= 15 is 0 Å². The van der Waals surface area contributed by atoms with Crippen LogP contribution in [0.1, 0.15) is 438 Å². The minimum absolute atomic E-state index is 0.0211. The predicted molar refractivity (Wildman–Crippen MR) is 369 cm³/mol. The molecule has 0 saturated heterocycles. The fourth-order valence-corrected chi connectivity index (χ4v) is 12.4. The highest BCUT2D eigenvalue weighted by molar-refractivity contribution is 5.76. The van der Waals surface area contributed by atoms with Gasteiger partial charge >= 0.3 is 0 Å². The van der Waals surface area contributed by atoms with Gasteiger partial charge in [0.2, 0.25) is 5.91 Å². The molecule has 0 radical (unpaired) electrons. The average Bonchev–Trinajstić information content (AvgIpc) is 3.50. The van der Waals surface area contributed by atoms with Gasteiger partial charge in [-0.05, 0) is 51.4 Å². The molecule has 0 saturated carbocycles. The Kier molecular flexibility index (Phi) is 72.6. The lowest BCUT2D eigenvalue weighted by molar-refractivity contribution is -0.123. The normalized spacial score (nSPS) is 12.8. The third-order valence-corrected chi connectivity index (χ3v) is 18.2. The van der Waals surface area contributed by atoms with Crippen molar-refractivity contribution in [2.75, 3.05) is 6.61 Å². The number of aliphatic hydroxyl groups excluding tert-OH is 2. The van der Waals surface area contributed by atoms with E-state index in [1.807, 2.05) is 0 Å². The van der Waals surface area contributed by atoms with Crippen LogP contribution in [0.3, 0.4) is 0 Å². The van der Waals surface area contributed by atoms with Gasteiger partial charge in [0, 0.05) is 6.42 Å². The molecular formula is C78H151NO3. The molecular weight excluding hydrogens is 999 g/mol. The van der Waals surface area contributed by atoms with Crippen LogP contribution in [0.15, 0.2) is 36.5 Å². The zero-order valence-corrected chi connectivity index (χ0v) is 56.3. The molecule has 3 N–H and O–H groups in total. The highest BCUT2D eigenvalue weighted by Gasteiger charge is 2.20. The lowest BCUT2D eigenvalue weighted by atomic mass is 10.0. The highest BCUT2D eigenvalue weighted by atomic mass is 16.3. The lowest BCUT2D eigenvalue weighted by Gasteiger charge is -2.22. The maximum absolute atomic E-state index is 12.6. The topological polar surface area (TPSA) is 69.6 Å². The summed E-state index contributed by atoms with van der Waals surface area (Å²) in [5, 5.41) is 23.5. The molecule has 82 heavy (non-hydrogen) atoms. The van der Waals surface area contributed by atoms with Gasteiger partial charge in [-0.2, -0.15) is 0 Å². The molecule has 0 fully saturated rings. The summed E-state index contributed by atoms with van der Waals surface area (Å²) in [6.45, 7) is 4.40. The van der Waals surface area contributed by atoms with Crippen molar-refractivity contribution >= 4 is 5.91 Å². The molecule has 4 heteroatoms. The number of allylic oxidation sites excluding steroid dienone is 6. The third kappa shape index (κ3) is 69.4. The van der Waals surface area contributed by atoms with E-state index in [2.05, 4.69) is 55.6 Å². The summed E-state index contributed by atoms with van der Waals surface area (Å²) in [6.07, 6.45) is 102. The molecule has 0 aliphatic heterocycles. The predicted octanol–water partition coefficient (Wildman–Crippen LogP) is 26.3. The van der Waals surface area contributed by atoms with Crippen molar-refractivity contribution in [2.24, 2.45) is 0 Å². The monoisotopic (exact) mass is 1150 g/mol. The van der Waals surface area contributed by atoms with Crippen molar-refractivity contribution in [1.29, 1.82) is 0 Å². The van der Waals surface area contributed by atoms with Gasteiger partial charge in [0.1, 0.15) is 0 Å². The van der Waals surface area contributed by atoms with Gasteiger partial charge in [0.15, 0.2) is 0 Å². The van der Waals surface area contributed by atoms with Gasteiger partial charge in [-0.3, -0.25) is 4.79 Å². The highest BCUT2D eigenvalue weighted by Crippen LogP contribution is 2.20. The Hall–Kier alpha value is -1.39. The lowest BCUT2D eigenvalue weighted by Crippen LogP contribution is -2.45. The van der Waals surface area contributed by atoms with Crippen LogP contribution in [0.25, 0.3) is 0 Å². The molecule has 0 aromatic carbocycles. The second kappa shape index (κ2) is 73.9. The first kappa shape index (κ1) is 80.6. The van der Waals surface area contributed by atoms with Crippen molar-refractivity contribution < 1.29 is 15.0 Å². The van der Waals surface area contributed by atoms with E-state index in [-0.39, 0.29) is 12.5 Å². The Morgan fingerprint density at radius 1 is 0.293 bits per heavy atom. The Morgan fingerprint density at radius 3 is 0.744 bits per heavy atom. The standard InChI is InChI=1S/C78H151NO3/c1-3-5-7-9-11-13-15-17-19-21-23-25-27-29-31-33-35-36-37-38-39-40-41-42-44-46-48-50-52-54-56-58-60-62-64-66-68-70-72-74-78(82)79-76(75-80)77(81)73-71-69-67-65-63-61-59-57-55-53-51-49-47-45-43-34-32-30-28-26-24-22-20-18-16-14-12-10-8-6-4-2/h15,17,21,23,27,29,76-77,80-81H,3-14,16,18-20,22,24-26,28,30-75H2,1-2H3,(H,79,82)/b17-15-,23-21-,29-27-. The van der Waals surface area contributed by atoms with E-state index in [1.54, 1.807) is 0 Å². The van der Waals surface area contributed by atoms with Crippen LogP contribution in [0, 0.1) is 0 Å². The third-order valence-electron chi connectivity index (χ3n) is 18.2. The number of aliphatic hydroxyl groups is 2. The number of nitrogens with one attached hydrogen (secondary N) is 1. The molecule has 0 aromatic rings. The Morgan fingerprint density at radius 2 is 0.500 bits per heavy atom. The maximum atomic E-state index is 12.6. The zero-order chi connectivity index (χ0) is 59.1. The largest absolute Gasteiger partial charge is 0.394 e. The fourth-order valence-electron chi connectivity index (χ4n) is 12.4. The van der Waals surface area contributed by atoms with Crippen molar-refractivity contribution in [2.45, 2.75) is 450 Å². The summed E-state index contributed by atoms with van der Waals surface area (Å²) in [7, 11) is 0. The van der Waals surface area contributed by atoms with Crippen LogP contribution in [-0.2, 0) is 4.79 Å². The van der Waals surface area contributed by atoms with Gasteiger partial charge < -0.3 is 15.5 Å². The molecule has 0 rings (SSSR count). The van der Waals surface area contributed by atoms with E-state index in [0.29, 0.717) is 12.8 Å². The second-order valence-electron chi connectivity index (χ2n) is 26.4. The number of rotatable bonds is 72. The average molecular weight is 1150 g/mol. The number of hydrogen-bond acceptors (Lipinski definition) is 3. The number of amides is 1. The molecule has 486 valence electrons. The number of hydrogen-bond donors (Lipinski definition) is 3. The molecule has 2 unspecified atom stereocenters. The summed E-state index contributed by atoms with van der Waals surface area (Å²) in [4.78, 5) is 12.6. The molecule has 0 aliphatic carbocycles. The quantitative estimate of drug-likeness (QED) is 0.0420. The summed E-state index contributed by atoms with van der Waals surface area (Å²) >= 11 is 0. The van der Waals surface area contributed by atoms with Gasteiger partial charge in [0.05, 0.1) is 18.8 Å². The first-order valence-electron chi connectivity index (χ1n) is 38.2. The molecule has 0 aromatic heterocycles. The van der Waals surface area contributed by atoms with Crippen LogP contribution in [0.5, 0.6) is 0 Å². The second-order valence-corrected chi connectivity index (χ2v) is 26.4. The van der Waals surface area contributed by atoms with Crippen molar-refractivity contribution in [1.82, 2.24) is 5.32 Å². The minimum atomic E-state index is -0.660. The van der Waals surface area contributed by atoms with E-state index < -0.39 is 12.1 Å². The van der Waals surface area contributed by atoms with E-state index in [9.17, 15) is 15.0 Å². The summed E-state index contributed by atoms with van der Waals surface area (Å²) in [6, 6.07) is -0.536.